The summed E-state index contributed by atoms with van der Waals surface area (Å²) in [5.41, 5.74) is 2.55. The number of rotatable bonds is 3. The number of carbonyl (C=O) groups excluding carboxylic acids is 1. The first kappa shape index (κ1) is 16.6. The Morgan fingerprint density at radius 2 is 1.81 bits per heavy atom. The van der Waals surface area contributed by atoms with Crippen LogP contribution in [0.15, 0.2) is 66.7 Å². The Morgan fingerprint density at radius 1 is 1.04 bits per heavy atom. The van der Waals surface area contributed by atoms with Crippen molar-refractivity contribution in [2.24, 2.45) is 0 Å². The van der Waals surface area contributed by atoms with Gasteiger partial charge >= 0.3 is 0 Å². The van der Waals surface area contributed by atoms with E-state index in [0.29, 0.717) is 26.8 Å². The summed E-state index contributed by atoms with van der Waals surface area (Å²) in [6.07, 6.45) is 0. The number of carbonyl (C=O) groups is 1. The monoisotopic (exact) mass is 380 g/mol. The Morgan fingerprint density at radius 3 is 2.58 bits per heavy atom. The molecule has 0 bridgehead atoms. The van der Waals surface area contributed by atoms with Crippen molar-refractivity contribution in [3.63, 3.8) is 0 Å². The SMILES string of the molecule is O=C(Nc1ccc(O)c(-c2nc3ccccc3s2)c1)c1ccc(Cl)cc1. The van der Waals surface area contributed by atoms with Crippen LogP contribution in [0.3, 0.4) is 0 Å². The van der Waals surface area contributed by atoms with Gasteiger partial charge in [0.05, 0.1) is 15.8 Å². The number of aromatic hydroxyl groups is 1. The molecule has 0 atom stereocenters. The zero-order chi connectivity index (χ0) is 18.1. The minimum absolute atomic E-state index is 0.119. The summed E-state index contributed by atoms with van der Waals surface area (Å²) in [5, 5.41) is 14.3. The van der Waals surface area contributed by atoms with E-state index in [0.717, 1.165) is 10.2 Å². The summed E-state index contributed by atoms with van der Waals surface area (Å²) in [4.78, 5) is 16.9. The minimum Gasteiger partial charge on any atom is -0.507 e. The highest BCUT2D eigenvalue weighted by Crippen LogP contribution is 2.36. The van der Waals surface area contributed by atoms with Crippen LogP contribution in [0.2, 0.25) is 5.02 Å². The van der Waals surface area contributed by atoms with Crippen LogP contribution in [0, 0.1) is 0 Å². The lowest BCUT2D eigenvalue weighted by molar-refractivity contribution is 0.102. The number of phenols is 1. The average Bonchev–Trinajstić information content (AvgIpc) is 3.07. The fraction of sp³-hybridized carbons (Fsp3) is 0. The molecule has 0 spiro atoms. The molecule has 0 aliphatic rings. The van der Waals surface area contributed by atoms with E-state index in [1.807, 2.05) is 24.3 Å². The van der Waals surface area contributed by atoms with Gasteiger partial charge in [-0.05, 0) is 54.6 Å². The molecule has 3 aromatic carbocycles. The maximum absolute atomic E-state index is 12.4. The van der Waals surface area contributed by atoms with Crippen LogP contribution in [0.4, 0.5) is 5.69 Å². The highest BCUT2D eigenvalue weighted by Gasteiger charge is 2.13. The van der Waals surface area contributed by atoms with Gasteiger partial charge < -0.3 is 10.4 Å². The molecule has 2 N–H and O–H groups in total. The van der Waals surface area contributed by atoms with Gasteiger partial charge in [0, 0.05) is 16.3 Å². The van der Waals surface area contributed by atoms with Gasteiger partial charge in [0.2, 0.25) is 0 Å². The summed E-state index contributed by atoms with van der Waals surface area (Å²) in [6, 6.07) is 19.4. The predicted octanol–water partition coefficient (Wildman–Crippen LogP) is 5.57. The molecule has 0 fully saturated rings. The first-order chi connectivity index (χ1) is 12.6. The summed E-state index contributed by atoms with van der Waals surface area (Å²) in [5.74, 6) is -0.129. The number of nitrogens with one attached hydrogen (secondary N) is 1. The van der Waals surface area contributed by atoms with Crippen molar-refractivity contribution >= 4 is 44.7 Å². The van der Waals surface area contributed by atoms with Crippen molar-refractivity contribution in [1.82, 2.24) is 4.98 Å². The van der Waals surface area contributed by atoms with Gasteiger partial charge in [-0.15, -0.1) is 11.3 Å². The quantitative estimate of drug-likeness (QED) is 0.456. The largest absolute Gasteiger partial charge is 0.507 e. The lowest BCUT2D eigenvalue weighted by atomic mass is 10.1. The lowest BCUT2D eigenvalue weighted by Gasteiger charge is -2.08. The Bertz CT molecular complexity index is 1070. The second-order valence-electron chi connectivity index (χ2n) is 5.68. The smallest absolute Gasteiger partial charge is 0.255 e. The third-order valence-electron chi connectivity index (χ3n) is 3.89. The van der Waals surface area contributed by atoms with Crippen LogP contribution in [-0.2, 0) is 0 Å². The van der Waals surface area contributed by atoms with E-state index in [4.69, 9.17) is 11.6 Å². The topological polar surface area (TPSA) is 62.2 Å². The van der Waals surface area contributed by atoms with Crippen molar-refractivity contribution < 1.29 is 9.90 Å². The number of aromatic nitrogens is 1. The molecule has 26 heavy (non-hydrogen) atoms. The van der Waals surface area contributed by atoms with Gasteiger partial charge in [-0.2, -0.15) is 0 Å². The molecule has 4 rings (SSSR count). The Balaban J connectivity index is 1.65. The molecule has 0 saturated heterocycles. The zero-order valence-electron chi connectivity index (χ0n) is 13.4. The zero-order valence-corrected chi connectivity index (χ0v) is 15.0. The van der Waals surface area contributed by atoms with Crippen LogP contribution in [-0.4, -0.2) is 16.0 Å². The number of thiazole rings is 1. The van der Waals surface area contributed by atoms with Crippen LogP contribution in [0.25, 0.3) is 20.8 Å². The second-order valence-corrected chi connectivity index (χ2v) is 7.15. The van der Waals surface area contributed by atoms with Gasteiger partial charge in [-0.1, -0.05) is 23.7 Å². The molecular formula is C20H13ClN2O2S. The Hall–Kier alpha value is -2.89. The van der Waals surface area contributed by atoms with E-state index in [2.05, 4.69) is 10.3 Å². The molecule has 0 aliphatic carbocycles. The molecule has 1 amide bonds. The van der Waals surface area contributed by atoms with E-state index in [-0.39, 0.29) is 11.7 Å². The van der Waals surface area contributed by atoms with E-state index in [1.165, 1.54) is 11.3 Å². The summed E-state index contributed by atoms with van der Waals surface area (Å²) >= 11 is 7.34. The molecule has 0 radical (unpaired) electrons. The van der Waals surface area contributed by atoms with Crippen molar-refractivity contribution in [3.05, 3.63) is 77.3 Å². The van der Waals surface area contributed by atoms with Crippen LogP contribution in [0.1, 0.15) is 10.4 Å². The van der Waals surface area contributed by atoms with E-state index in [1.54, 1.807) is 42.5 Å². The molecular weight excluding hydrogens is 368 g/mol. The van der Waals surface area contributed by atoms with Gasteiger partial charge in [0.1, 0.15) is 10.8 Å². The Kier molecular flexibility index (Phi) is 4.32. The first-order valence-corrected chi connectivity index (χ1v) is 9.05. The average molecular weight is 381 g/mol. The molecule has 0 saturated carbocycles. The lowest BCUT2D eigenvalue weighted by Crippen LogP contribution is -2.11. The predicted molar refractivity (Wildman–Crippen MR) is 106 cm³/mol. The van der Waals surface area contributed by atoms with Crippen molar-refractivity contribution in [2.45, 2.75) is 0 Å². The van der Waals surface area contributed by atoms with Crippen molar-refractivity contribution in [2.75, 3.05) is 5.32 Å². The molecule has 128 valence electrons. The summed E-state index contributed by atoms with van der Waals surface area (Å²) < 4.78 is 1.04. The van der Waals surface area contributed by atoms with Gasteiger partial charge in [-0.3, -0.25) is 4.79 Å². The number of nitrogens with zero attached hydrogens (tertiary/aromatic N) is 1. The number of hydrogen-bond acceptors (Lipinski definition) is 4. The number of halogens is 1. The number of hydrogen-bond donors (Lipinski definition) is 2. The molecule has 1 heterocycles. The number of fused-ring (bicyclic) bond motifs is 1. The maximum atomic E-state index is 12.4. The van der Waals surface area contributed by atoms with Gasteiger partial charge in [0.15, 0.2) is 0 Å². The molecule has 0 aliphatic heterocycles. The number of para-hydroxylation sites is 1. The fourth-order valence-electron chi connectivity index (χ4n) is 2.58. The third-order valence-corrected chi connectivity index (χ3v) is 5.21. The molecule has 4 aromatic rings. The number of benzene rings is 3. The molecule has 4 nitrogen and oxygen atoms in total. The van der Waals surface area contributed by atoms with Gasteiger partial charge in [0.25, 0.3) is 5.91 Å². The normalized spacial score (nSPS) is 10.8. The summed E-state index contributed by atoms with van der Waals surface area (Å²) in [6.45, 7) is 0. The van der Waals surface area contributed by atoms with Crippen LogP contribution < -0.4 is 5.32 Å². The van der Waals surface area contributed by atoms with Crippen molar-refractivity contribution in [1.29, 1.82) is 0 Å². The molecule has 0 unspecified atom stereocenters. The summed E-state index contributed by atoms with van der Waals surface area (Å²) in [7, 11) is 0. The second kappa shape index (κ2) is 6.78. The van der Waals surface area contributed by atoms with Crippen molar-refractivity contribution in [3.8, 4) is 16.3 Å². The van der Waals surface area contributed by atoms with Crippen LogP contribution >= 0.6 is 22.9 Å². The number of amides is 1. The first-order valence-electron chi connectivity index (χ1n) is 7.86. The third kappa shape index (κ3) is 3.27. The standard InChI is InChI=1S/C20H13ClN2O2S/c21-13-7-5-12(6-8-13)19(25)22-14-9-10-17(24)15(11-14)20-23-16-3-1-2-4-18(16)26-20/h1-11,24H,(H,22,25). The highest BCUT2D eigenvalue weighted by molar-refractivity contribution is 7.21. The minimum atomic E-state index is -0.248. The van der Waals surface area contributed by atoms with E-state index in [9.17, 15) is 9.90 Å². The maximum Gasteiger partial charge on any atom is 0.255 e. The Labute approximate surface area is 158 Å². The molecule has 6 heteroatoms. The fourth-order valence-corrected chi connectivity index (χ4v) is 3.69. The van der Waals surface area contributed by atoms with E-state index >= 15 is 0 Å². The van der Waals surface area contributed by atoms with E-state index < -0.39 is 0 Å². The molecule has 1 aromatic heterocycles. The highest BCUT2D eigenvalue weighted by atomic mass is 35.5. The number of phenolic OH excluding ortho intramolecular Hbond substituents is 1. The van der Waals surface area contributed by atoms with Crippen LogP contribution in [0.5, 0.6) is 5.75 Å². The van der Waals surface area contributed by atoms with Gasteiger partial charge in [-0.25, -0.2) is 4.98 Å². The number of anilines is 1.